The van der Waals surface area contributed by atoms with Gasteiger partial charge in [0.15, 0.2) is 0 Å². The first kappa shape index (κ1) is 15.4. The molecule has 8 heteroatoms. The Morgan fingerprint density at radius 2 is 2.35 bits per heavy atom. The molecule has 2 heterocycles. The zero-order valence-electron chi connectivity index (χ0n) is 11.5. The van der Waals surface area contributed by atoms with Crippen molar-refractivity contribution in [3.05, 3.63) is 16.1 Å². The molecule has 1 atom stereocenters. The van der Waals surface area contributed by atoms with Crippen LogP contribution < -0.4 is 4.72 Å². The first-order valence-corrected chi connectivity index (χ1v) is 8.96. The molecule has 1 aliphatic heterocycles. The highest BCUT2D eigenvalue weighted by Crippen LogP contribution is 2.31. The molecular formula is C12H18N2O4S2. The number of carbonyl (C=O) groups excluding carboxylic acids is 1. The summed E-state index contributed by atoms with van der Waals surface area (Å²) in [5.74, 6) is -0.729. The number of nitrogens with zero attached hydrogens (tertiary/aromatic N) is 1. The van der Waals surface area contributed by atoms with Crippen molar-refractivity contribution in [2.75, 3.05) is 12.4 Å². The van der Waals surface area contributed by atoms with E-state index in [2.05, 4.69) is 9.71 Å². The highest BCUT2D eigenvalue weighted by molar-refractivity contribution is 7.90. The van der Waals surface area contributed by atoms with Crippen LogP contribution in [-0.2, 0) is 14.8 Å². The molecule has 1 aromatic rings. The lowest BCUT2D eigenvalue weighted by Crippen LogP contribution is -2.33. The molecule has 0 aromatic carbocycles. The molecule has 20 heavy (non-hydrogen) atoms. The largest absolute Gasteiger partial charge is 0.371 e. The molecule has 2 rings (SSSR count). The van der Waals surface area contributed by atoms with Gasteiger partial charge in [-0.2, -0.15) is 0 Å². The van der Waals surface area contributed by atoms with Crippen LogP contribution >= 0.6 is 11.3 Å². The molecule has 0 bridgehead atoms. The van der Waals surface area contributed by atoms with E-state index < -0.39 is 15.9 Å². The number of sulfonamides is 1. The topological polar surface area (TPSA) is 85.4 Å². The van der Waals surface area contributed by atoms with Crippen LogP contribution in [0.25, 0.3) is 0 Å². The van der Waals surface area contributed by atoms with Gasteiger partial charge in [-0.15, -0.1) is 11.3 Å². The summed E-state index contributed by atoms with van der Waals surface area (Å²) in [6.07, 6.45) is 3.21. The van der Waals surface area contributed by atoms with Crippen molar-refractivity contribution < 1.29 is 17.9 Å². The zero-order chi connectivity index (χ0) is 14.8. The standard InChI is InChI=1S/C12H18N2O4S2/c1-8(2)7-20(16,17)14-11(15)10-6-13-12(19-10)9-4-3-5-18-9/h6,8-9H,3-5,7H2,1-2H3,(H,14,15)/t9-/m0/s1. The van der Waals surface area contributed by atoms with Gasteiger partial charge >= 0.3 is 0 Å². The fraction of sp³-hybridized carbons (Fsp3) is 0.667. The quantitative estimate of drug-likeness (QED) is 0.893. The molecule has 1 aromatic heterocycles. The smallest absolute Gasteiger partial charge is 0.276 e. The number of hydrogen-bond donors (Lipinski definition) is 1. The molecule has 0 unspecified atom stereocenters. The second kappa shape index (κ2) is 6.19. The second-order valence-electron chi connectivity index (χ2n) is 5.17. The molecule has 0 spiro atoms. The number of aromatic nitrogens is 1. The molecule has 1 amide bonds. The molecule has 0 radical (unpaired) electrons. The van der Waals surface area contributed by atoms with Crippen molar-refractivity contribution in [3.63, 3.8) is 0 Å². The Morgan fingerprint density at radius 1 is 1.60 bits per heavy atom. The average molecular weight is 318 g/mol. The van der Waals surface area contributed by atoms with Crippen LogP contribution in [0.1, 0.15) is 47.5 Å². The fourth-order valence-corrected chi connectivity index (χ4v) is 4.30. The van der Waals surface area contributed by atoms with E-state index in [-0.39, 0.29) is 17.8 Å². The lowest BCUT2D eigenvalue weighted by molar-refractivity contribution is 0.0985. The van der Waals surface area contributed by atoms with Gasteiger partial charge in [0.1, 0.15) is 16.0 Å². The third-order valence-electron chi connectivity index (χ3n) is 2.75. The van der Waals surface area contributed by atoms with Crippen LogP contribution in [0.3, 0.4) is 0 Å². The Hall–Kier alpha value is -0.990. The van der Waals surface area contributed by atoms with Crippen molar-refractivity contribution in [1.29, 1.82) is 0 Å². The van der Waals surface area contributed by atoms with E-state index >= 15 is 0 Å². The Morgan fingerprint density at radius 3 is 2.95 bits per heavy atom. The Kier molecular flexibility index (Phi) is 4.77. The van der Waals surface area contributed by atoms with E-state index in [1.807, 2.05) is 0 Å². The summed E-state index contributed by atoms with van der Waals surface area (Å²) in [6.45, 7) is 4.27. The van der Waals surface area contributed by atoms with E-state index in [4.69, 9.17) is 4.74 Å². The van der Waals surface area contributed by atoms with Crippen molar-refractivity contribution in [3.8, 4) is 0 Å². The number of ether oxygens (including phenoxy) is 1. The lowest BCUT2D eigenvalue weighted by atomic mass is 10.2. The maximum atomic E-state index is 11.9. The Labute approximate surface area is 122 Å². The molecule has 6 nitrogen and oxygen atoms in total. The summed E-state index contributed by atoms with van der Waals surface area (Å²) in [5.41, 5.74) is 0. The molecule has 0 saturated carbocycles. The monoisotopic (exact) mass is 318 g/mol. The van der Waals surface area contributed by atoms with Crippen molar-refractivity contribution in [1.82, 2.24) is 9.71 Å². The maximum absolute atomic E-state index is 11.9. The van der Waals surface area contributed by atoms with E-state index in [1.54, 1.807) is 13.8 Å². The van der Waals surface area contributed by atoms with Crippen LogP contribution in [0.5, 0.6) is 0 Å². The Balaban J connectivity index is 2.02. The summed E-state index contributed by atoms with van der Waals surface area (Å²) in [7, 11) is -3.59. The highest BCUT2D eigenvalue weighted by atomic mass is 32.2. The predicted octanol–water partition coefficient (Wildman–Crippen LogP) is 1.71. The maximum Gasteiger partial charge on any atom is 0.276 e. The molecule has 1 N–H and O–H groups in total. The van der Waals surface area contributed by atoms with Gasteiger partial charge in [0.05, 0.1) is 11.9 Å². The highest BCUT2D eigenvalue weighted by Gasteiger charge is 2.24. The summed E-state index contributed by atoms with van der Waals surface area (Å²) < 4.78 is 31.0. The van der Waals surface area contributed by atoms with E-state index in [1.165, 1.54) is 17.5 Å². The third kappa shape index (κ3) is 4.00. The summed E-state index contributed by atoms with van der Waals surface area (Å²) in [5, 5.41) is 0.730. The number of nitrogens with one attached hydrogen (secondary N) is 1. The summed E-state index contributed by atoms with van der Waals surface area (Å²) >= 11 is 1.19. The zero-order valence-corrected chi connectivity index (χ0v) is 13.1. The van der Waals surface area contributed by atoms with Crippen molar-refractivity contribution in [2.24, 2.45) is 5.92 Å². The number of amides is 1. The van der Waals surface area contributed by atoms with Gasteiger partial charge in [-0.1, -0.05) is 13.8 Å². The van der Waals surface area contributed by atoms with Crippen LogP contribution in [-0.4, -0.2) is 31.7 Å². The number of rotatable bonds is 5. The lowest BCUT2D eigenvalue weighted by Gasteiger charge is -2.07. The minimum Gasteiger partial charge on any atom is -0.371 e. The first-order valence-electron chi connectivity index (χ1n) is 6.49. The van der Waals surface area contributed by atoms with Crippen LogP contribution in [0.2, 0.25) is 0 Å². The minimum atomic E-state index is -3.59. The van der Waals surface area contributed by atoms with Gasteiger partial charge in [-0.05, 0) is 18.8 Å². The number of thiazole rings is 1. The normalized spacial score (nSPS) is 19.4. The minimum absolute atomic E-state index is 0.0378. The number of carbonyl (C=O) groups is 1. The predicted molar refractivity (Wildman–Crippen MR) is 76.1 cm³/mol. The Bertz CT molecular complexity index is 574. The van der Waals surface area contributed by atoms with Gasteiger partial charge in [0, 0.05) is 6.61 Å². The van der Waals surface area contributed by atoms with Gasteiger partial charge in [-0.3, -0.25) is 4.79 Å². The molecule has 0 aliphatic carbocycles. The SMILES string of the molecule is CC(C)CS(=O)(=O)NC(=O)c1cnc([C@@H]2CCCO2)s1. The summed E-state index contributed by atoms with van der Waals surface area (Å²) in [4.78, 5) is 16.4. The number of hydrogen-bond acceptors (Lipinski definition) is 6. The van der Waals surface area contributed by atoms with E-state index in [0.717, 1.165) is 17.8 Å². The van der Waals surface area contributed by atoms with E-state index in [9.17, 15) is 13.2 Å². The van der Waals surface area contributed by atoms with Crippen LogP contribution in [0.15, 0.2) is 6.20 Å². The molecule has 1 aliphatic rings. The second-order valence-corrected chi connectivity index (χ2v) is 8.00. The van der Waals surface area contributed by atoms with Gasteiger partial charge in [0.25, 0.3) is 5.91 Å². The molecule has 1 fully saturated rings. The molecule has 112 valence electrons. The van der Waals surface area contributed by atoms with Gasteiger partial charge < -0.3 is 4.74 Å². The molecule has 1 saturated heterocycles. The van der Waals surface area contributed by atoms with Crippen molar-refractivity contribution >= 4 is 27.3 Å². The summed E-state index contributed by atoms with van der Waals surface area (Å²) in [6, 6.07) is 0. The van der Waals surface area contributed by atoms with Crippen molar-refractivity contribution in [2.45, 2.75) is 32.8 Å². The van der Waals surface area contributed by atoms with Gasteiger partial charge in [0.2, 0.25) is 10.0 Å². The van der Waals surface area contributed by atoms with Gasteiger partial charge in [-0.25, -0.2) is 18.1 Å². The van der Waals surface area contributed by atoms with Crippen LogP contribution in [0.4, 0.5) is 0 Å². The first-order chi connectivity index (χ1) is 9.37. The van der Waals surface area contributed by atoms with Crippen LogP contribution in [0, 0.1) is 5.92 Å². The third-order valence-corrected chi connectivity index (χ3v) is 5.44. The van der Waals surface area contributed by atoms with E-state index in [0.29, 0.717) is 11.5 Å². The average Bonchev–Trinajstić information content (AvgIpc) is 2.97. The molecular weight excluding hydrogens is 300 g/mol. The fourth-order valence-electron chi connectivity index (χ4n) is 1.99.